The molecule has 0 rings (SSSR count). The predicted octanol–water partition coefficient (Wildman–Crippen LogP) is -3.04. The molecule has 106 valence electrons. The Balaban J connectivity index is 4.64. The van der Waals surface area contributed by atoms with E-state index >= 15 is 0 Å². The molecule has 4 atom stereocenters. The molecule has 7 nitrogen and oxygen atoms in total. The third-order valence-electron chi connectivity index (χ3n) is 1.81. The molecule has 0 aromatic rings. The normalized spacial score (nSPS) is 19.1. The van der Waals surface area contributed by atoms with Gasteiger partial charge in [0.2, 0.25) is 0 Å². The first-order chi connectivity index (χ1) is 7.73. The zero-order valence-corrected chi connectivity index (χ0v) is 11.9. The van der Waals surface area contributed by atoms with Crippen LogP contribution in [0.1, 0.15) is 6.92 Å². The van der Waals surface area contributed by atoms with Crippen LogP contribution in [0.3, 0.4) is 0 Å². The molecule has 0 fully saturated rings. The van der Waals surface area contributed by atoms with E-state index in [0.29, 0.717) is 0 Å². The van der Waals surface area contributed by atoms with Gasteiger partial charge in [-0.15, -0.1) is 0 Å². The number of thiol groups is 1. The van der Waals surface area contributed by atoms with Gasteiger partial charge in [-0.05, 0) is 0 Å². The van der Waals surface area contributed by atoms with Crippen molar-refractivity contribution in [3.8, 4) is 0 Å². The standard InChI is InChI=1S/C6H11O6.C2H3O.Au.H2S/c7-1-3(9)5(11)6(12)4(10)2-8;1-2-3;;/h3-7,9-12H,1H2;1H3;;1H2/q;;+1;/p-1/t3-,4+,5-,6-;;;/m1.../s1. The summed E-state index contributed by atoms with van der Waals surface area (Å²) in [5.41, 5.74) is 0. The molecule has 0 aliphatic heterocycles. The Morgan fingerprint density at radius 3 is 2.00 bits per heavy atom. The van der Waals surface area contributed by atoms with E-state index in [-0.39, 0.29) is 0 Å². The Morgan fingerprint density at radius 1 is 1.18 bits per heavy atom. The Hall–Kier alpha value is 0.230. The van der Waals surface area contributed by atoms with Crippen molar-refractivity contribution in [3.63, 3.8) is 0 Å². The van der Waals surface area contributed by atoms with Crippen molar-refractivity contribution in [1.82, 2.24) is 0 Å². The first-order valence-electron chi connectivity index (χ1n) is 4.39. The van der Waals surface area contributed by atoms with Gasteiger partial charge in [0, 0.05) is 0 Å². The average Bonchev–Trinajstić information content (AvgIpc) is 2.32. The maximum atomic E-state index is 11.4. The molecule has 17 heavy (non-hydrogen) atoms. The van der Waals surface area contributed by atoms with E-state index in [4.69, 9.17) is 10.2 Å². The number of carbonyl (C=O) groups excluding carboxylic acids is 2. The summed E-state index contributed by atoms with van der Waals surface area (Å²) in [7, 11) is 3.78. The summed E-state index contributed by atoms with van der Waals surface area (Å²) in [6.07, 6.45) is -7.56. The third-order valence-corrected chi connectivity index (χ3v) is 7.55. The molecule has 5 N–H and O–H groups in total. The second-order valence-corrected chi connectivity index (χ2v) is 9.38. The van der Waals surface area contributed by atoms with E-state index in [1.165, 1.54) is 0 Å². The van der Waals surface area contributed by atoms with Crippen molar-refractivity contribution in [2.45, 2.75) is 31.3 Å². The van der Waals surface area contributed by atoms with Crippen LogP contribution in [0, 0.1) is 0 Å². The quantitative estimate of drug-likeness (QED) is 0.179. The summed E-state index contributed by atoms with van der Waals surface area (Å²) in [5.74, 6) is 0. The molecule has 0 saturated heterocycles. The predicted molar refractivity (Wildman–Crippen MR) is 55.8 cm³/mol. The number of rotatable bonds is 7. The van der Waals surface area contributed by atoms with E-state index in [1.807, 2.05) is 0 Å². The van der Waals surface area contributed by atoms with E-state index in [0.717, 1.165) is 6.92 Å². The van der Waals surface area contributed by atoms with Crippen LogP contribution in [-0.4, -0.2) is 64.6 Å². The molecular formula is C8H15AuO7S. The molecule has 9 heteroatoms. The van der Waals surface area contributed by atoms with Crippen molar-refractivity contribution in [1.29, 1.82) is 0 Å². The van der Waals surface area contributed by atoms with Crippen LogP contribution in [0.4, 0.5) is 0 Å². The Bertz CT molecular complexity index is 287. The molecule has 0 aliphatic rings. The zero-order chi connectivity index (χ0) is 13.7. The fourth-order valence-electron chi connectivity index (χ4n) is 0.833. The fraction of sp³-hybridized carbons (Fsp3) is 0.750. The molecule has 0 aromatic carbocycles. The zero-order valence-electron chi connectivity index (χ0n) is 8.82. The van der Waals surface area contributed by atoms with Crippen LogP contribution in [-0.2, 0) is 26.7 Å². The summed E-state index contributed by atoms with van der Waals surface area (Å²) in [4.78, 5) is 22.3. The van der Waals surface area contributed by atoms with Crippen LogP contribution in [0.2, 0.25) is 0 Å². The molecule has 0 amide bonds. The van der Waals surface area contributed by atoms with Crippen LogP contribution >= 0.6 is 10.1 Å². The van der Waals surface area contributed by atoms with Gasteiger partial charge in [0.15, 0.2) is 0 Å². The molecule has 0 unspecified atom stereocenters. The molecule has 0 heterocycles. The molecule has 0 radical (unpaired) electrons. The summed E-state index contributed by atoms with van der Waals surface area (Å²) < 4.78 is -1.41. The van der Waals surface area contributed by atoms with E-state index in [2.05, 4.69) is 10.1 Å². The van der Waals surface area contributed by atoms with Crippen molar-refractivity contribution >= 4 is 18.1 Å². The maximum absolute atomic E-state index is 11.4. The van der Waals surface area contributed by atoms with Gasteiger partial charge in [0.1, 0.15) is 0 Å². The number of hydrogen-bond donors (Lipinski definition) is 6. The van der Waals surface area contributed by atoms with Crippen LogP contribution in [0.5, 0.6) is 0 Å². The summed E-state index contributed by atoms with van der Waals surface area (Å²) in [6.45, 7) is 0.304. The second-order valence-electron chi connectivity index (χ2n) is 3.07. The second kappa shape index (κ2) is 7.62. The van der Waals surface area contributed by atoms with Crippen molar-refractivity contribution < 1.29 is 52.2 Å². The Kier molecular flexibility index (Phi) is 7.72. The van der Waals surface area contributed by atoms with Crippen molar-refractivity contribution in [3.05, 3.63) is 0 Å². The van der Waals surface area contributed by atoms with Gasteiger partial charge in [-0.1, -0.05) is 0 Å². The number of hydrogen-bond acceptors (Lipinski definition) is 8. The van der Waals surface area contributed by atoms with Gasteiger partial charge < -0.3 is 0 Å². The first kappa shape index (κ1) is 17.2. The number of carbonyl (C=O) groups is 2. The minimum atomic E-state index is -2.91. The third kappa shape index (κ3) is 4.78. The van der Waals surface area contributed by atoms with Crippen molar-refractivity contribution in [2.75, 3.05) is 6.61 Å². The fourth-order valence-corrected chi connectivity index (χ4v) is 3.21. The average molecular weight is 452 g/mol. The van der Waals surface area contributed by atoms with Gasteiger partial charge in [-0.2, -0.15) is 0 Å². The summed E-state index contributed by atoms with van der Waals surface area (Å²) in [6, 6.07) is 0. The first-order valence-corrected chi connectivity index (χ1v) is 9.73. The van der Waals surface area contributed by atoms with E-state index < -0.39 is 56.1 Å². The van der Waals surface area contributed by atoms with Crippen LogP contribution in [0.25, 0.3) is 0 Å². The van der Waals surface area contributed by atoms with Crippen LogP contribution in [0.15, 0.2) is 0 Å². The number of aliphatic hydroxyl groups is 5. The topological polar surface area (TPSA) is 135 Å². The molecule has 0 saturated carbocycles. The van der Waals surface area contributed by atoms with Crippen molar-refractivity contribution in [2.24, 2.45) is 0 Å². The summed E-state index contributed by atoms with van der Waals surface area (Å²) in [5, 5.41) is 45.6. The molecule has 0 aliphatic carbocycles. The minimum absolute atomic E-state index is 0.475. The van der Waals surface area contributed by atoms with E-state index in [1.54, 1.807) is 0 Å². The Labute approximate surface area is 108 Å². The molecule has 0 spiro atoms. The van der Waals surface area contributed by atoms with Gasteiger partial charge in [0.25, 0.3) is 0 Å². The molecule has 0 aromatic heterocycles. The van der Waals surface area contributed by atoms with Gasteiger partial charge in [-0.3, -0.25) is 0 Å². The van der Waals surface area contributed by atoms with Gasteiger partial charge in [-0.25, -0.2) is 0 Å². The van der Waals surface area contributed by atoms with E-state index in [9.17, 15) is 24.9 Å². The molecule has 0 bridgehead atoms. The SMILES string of the molecule is C[C](=O)[Au]([SH])[C](=O)[C@H](O)[C@@H](O)[C@H](O)[C@H](O)CO. The van der Waals surface area contributed by atoms with Gasteiger partial charge >= 0.3 is 108 Å². The van der Waals surface area contributed by atoms with Crippen LogP contribution < -0.4 is 0 Å². The van der Waals surface area contributed by atoms with Gasteiger partial charge in [0.05, 0.1) is 0 Å². The Morgan fingerprint density at radius 2 is 1.65 bits per heavy atom. The monoisotopic (exact) mass is 452 g/mol. The summed E-state index contributed by atoms with van der Waals surface area (Å²) >= 11 is -2.91. The molecular weight excluding hydrogens is 437 g/mol. The number of aliphatic hydroxyl groups excluding tert-OH is 5.